The molecule has 0 aliphatic rings. The third-order valence-electron chi connectivity index (χ3n) is 1.25. The Labute approximate surface area is 64.6 Å². The van der Waals surface area contributed by atoms with Gasteiger partial charge in [0.05, 0.1) is 0 Å². The van der Waals surface area contributed by atoms with Crippen LogP contribution >= 0.6 is 11.6 Å². The normalized spacial score (nSPS) is 16.3. The van der Waals surface area contributed by atoms with Crippen LogP contribution in [0.1, 0.15) is 19.8 Å². The van der Waals surface area contributed by atoms with Gasteiger partial charge in [-0.05, 0) is 19.8 Å². The van der Waals surface area contributed by atoms with Crippen LogP contribution in [0.5, 0.6) is 0 Å². The predicted octanol–water partition coefficient (Wildman–Crippen LogP) is 0.841. The van der Waals surface area contributed by atoms with E-state index in [1.54, 1.807) is 0 Å². The van der Waals surface area contributed by atoms with Gasteiger partial charge >= 0.3 is 5.97 Å². The Morgan fingerprint density at radius 3 is 2.50 bits per heavy atom. The van der Waals surface area contributed by atoms with E-state index >= 15 is 0 Å². The van der Waals surface area contributed by atoms with Crippen LogP contribution in [-0.4, -0.2) is 27.7 Å². The summed E-state index contributed by atoms with van der Waals surface area (Å²) in [4.78, 5) is 9.09. The molecule has 0 amide bonds. The minimum absolute atomic E-state index is 0.0183. The minimum Gasteiger partial charge on any atom is -0.480 e. The molecule has 0 rings (SSSR count). The van der Waals surface area contributed by atoms with Gasteiger partial charge in [-0.15, -0.1) is 11.6 Å². The molecule has 3 nitrogen and oxygen atoms in total. The van der Waals surface area contributed by atoms with Crippen LogP contribution in [0.3, 0.4) is 0 Å². The molecule has 0 aromatic heterocycles. The van der Waals surface area contributed by atoms with E-state index in [1.165, 1.54) is 6.92 Å². The quantitative estimate of drug-likeness (QED) is 0.609. The second-order valence-electron chi connectivity index (χ2n) is 2.33. The van der Waals surface area contributed by atoms with Crippen LogP contribution in [0.2, 0.25) is 0 Å². The molecule has 0 saturated heterocycles. The molecular weight excluding hydrogens is 156 g/mol. The second-order valence-corrected chi connectivity index (χ2v) is 3.16. The largest absolute Gasteiger partial charge is 0.480 e. The molecule has 1 atom stereocenters. The molecule has 10 heavy (non-hydrogen) atoms. The monoisotopic (exact) mass is 166 g/mol. The highest BCUT2D eigenvalue weighted by molar-refractivity contribution is 6.33. The van der Waals surface area contributed by atoms with Crippen LogP contribution in [0.4, 0.5) is 0 Å². The van der Waals surface area contributed by atoms with Gasteiger partial charge in [0, 0.05) is 6.61 Å². The number of hydrogen-bond donors (Lipinski definition) is 2. The van der Waals surface area contributed by atoms with Crippen molar-refractivity contribution in [3.8, 4) is 0 Å². The molecule has 0 spiro atoms. The summed E-state index contributed by atoms with van der Waals surface area (Å²) in [6.45, 7) is 1.40. The third-order valence-corrected chi connectivity index (χ3v) is 1.60. The first kappa shape index (κ1) is 9.72. The smallest absolute Gasteiger partial charge is 0.324 e. The highest BCUT2D eigenvalue weighted by atomic mass is 35.5. The van der Waals surface area contributed by atoms with Gasteiger partial charge in [-0.25, -0.2) is 0 Å². The van der Waals surface area contributed by atoms with E-state index in [2.05, 4.69) is 0 Å². The van der Waals surface area contributed by atoms with Crippen LogP contribution < -0.4 is 0 Å². The number of carboxylic acids is 1. The summed E-state index contributed by atoms with van der Waals surface area (Å²) < 4.78 is 0. The number of alkyl halides is 1. The molecule has 60 valence electrons. The van der Waals surface area contributed by atoms with Gasteiger partial charge in [0.25, 0.3) is 0 Å². The number of hydrogen-bond acceptors (Lipinski definition) is 2. The molecule has 0 aromatic carbocycles. The minimum atomic E-state index is -1.22. The Bertz CT molecular complexity index is 122. The van der Waals surface area contributed by atoms with E-state index in [9.17, 15) is 4.79 Å². The Kier molecular flexibility index (Phi) is 3.68. The van der Waals surface area contributed by atoms with Gasteiger partial charge in [-0.1, -0.05) is 0 Å². The molecular formula is C6H11ClO3. The molecule has 0 bridgehead atoms. The van der Waals surface area contributed by atoms with Crippen molar-refractivity contribution in [2.75, 3.05) is 6.61 Å². The lowest BCUT2D eigenvalue weighted by atomic mass is 10.1. The first-order valence-electron chi connectivity index (χ1n) is 3.04. The maximum Gasteiger partial charge on any atom is 0.324 e. The summed E-state index contributed by atoms with van der Waals surface area (Å²) >= 11 is 5.54. The second kappa shape index (κ2) is 3.78. The molecule has 4 heteroatoms. The average molecular weight is 167 g/mol. The summed E-state index contributed by atoms with van der Waals surface area (Å²) in [5.74, 6) is -1.04. The Morgan fingerprint density at radius 2 is 2.20 bits per heavy atom. The Morgan fingerprint density at radius 1 is 1.70 bits per heavy atom. The highest BCUT2D eigenvalue weighted by Crippen LogP contribution is 2.20. The maximum absolute atomic E-state index is 10.3. The molecule has 1 unspecified atom stereocenters. The zero-order valence-corrected chi connectivity index (χ0v) is 6.56. The fourth-order valence-electron chi connectivity index (χ4n) is 0.518. The van der Waals surface area contributed by atoms with Crippen molar-refractivity contribution >= 4 is 17.6 Å². The van der Waals surface area contributed by atoms with E-state index in [0.717, 1.165) is 0 Å². The summed E-state index contributed by atoms with van der Waals surface area (Å²) in [6, 6.07) is 0. The Balaban J connectivity index is 3.75. The van der Waals surface area contributed by atoms with Crippen molar-refractivity contribution in [3.63, 3.8) is 0 Å². The van der Waals surface area contributed by atoms with Gasteiger partial charge in [0.15, 0.2) is 0 Å². The number of carbonyl (C=O) groups is 1. The van der Waals surface area contributed by atoms with Crippen LogP contribution in [-0.2, 0) is 4.79 Å². The van der Waals surface area contributed by atoms with Crippen molar-refractivity contribution < 1.29 is 15.0 Å². The van der Waals surface area contributed by atoms with Gasteiger partial charge in [0.1, 0.15) is 4.87 Å². The fourth-order valence-corrected chi connectivity index (χ4v) is 0.652. The van der Waals surface area contributed by atoms with E-state index in [1.807, 2.05) is 0 Å². The molecule has 0 fully saturated rings. The highest BCUT2D eigenvalue weighted by Gasteiger charge is 2.28. The van der Waals surface area contributed by atoms with E-state index in [4.69, 9.17) is 21.8 Å². The maximum atomic E-state index is 10.3. The van der Waals surface area contributed by atoms with E-state index in [-0.39, 0.29) is 6.61 Å². The first-order valence-corrected chi connectivity index (χ1v) is 3.41. The molecule has 0 aliphatic carbocycles. The molecule has 0 saturated carbocycles. The lowest BCUT2D eigenvalue weighted by Gasteiger charge is -2.14. The summed E-state index contributed by atoms with van der Waals surface area (Å²) in [5, 5.41) is 16.8. The van der Waals surface area contributed by atoms with Crippen molar-refractivity contribution in [3.05, 3.63) is 0 Å². The number of aliphatic hydroxyl groups is 1. The number of aliphatic carboxylic acids is 1. The molecule has 0 aromatic rings. The van der Waals surface area contributed by atoms with Gasteiger partial charge in [0.2, 0.25) is 0 Å². The lowest BCUT2D eigenvalue weighted by molar-refractivity contribution is -0.139. The molecule has 0 radical (unpaired) electrons. The lowest BCUT2D eigenvalue weighted by Crippen LogP contribution is -2.28. The van der Waals surface area contributed by atoms with E-state index < -0.39 is 10.8 Å². The molecule has 2 N–H and O–H groups in total. The summed E-state index contributed by atoms with van der Waals surface area (Å²) in [7, 11) is 0. The SMILES string of the molecule is CC(Cl)(CCCO)C(=O)O. The summed E-state index contributed by atoms with van der Waals surface area (Å²) in [5.41, 5.74) is 0. The standard InChI is InChI=1S/C6H11ClO3/c1-6(7,5(9)10)3-2-4-8/h8H,2-4H2,1H3,(H,9,10). The van der Waals surface area contributed by atoms with Crippen molar-refractivity contribution in [1.29, 1.82) is 0 Å². The van der Waals surface area contributed by atoms with Crippen LogP contribution in [0.15, 0.2) is 0 Å². The first-order chi connectivity index (χ1) is 4.50. The van der Waals surface area contributed by atoms with Crippen molar-refractivity contribution in [2.24, 2.45) is 0 Å². The van der Waals surface area contributed by atoms with Gasteiger partial charge < -0.3 is 10.2 Å². The number of carboxylic acid groups (broad SMARTS) is 1. The number of aliphatic hydroxyl groups excluding tert-OH is 1. The van der Waals surface area contributed by atoms with Gasteiger partial charge in [-0.2, -0.15) is 0 Å². The number of rotatable bonds is 4. The zero-order chi connectivity index (χ0) is 8.20. The topological polar surface area (TPSA) is 57.5 Å². The Hall–Kier alpha value is -0.280. The third kappa shape index (κ3) is 3.03. The molecule has 0 heterocycles. The summed E-state index contributed by atoms with van der Waals surface area (Å²) in [6.07, 6.45) is 0.715. The number of halogens is 1. The molecule has 0 aliphatic heterocycles. The van der Waals surface area contributed by atoms with Crippen LogP contribution in [0, 0.1) is 0 Å². The fraction of sp³-hybridized carbons (Fsp3) is 0.833. The van der Waals surface area contributed by atoms with E-state index in [0.29, 0.717) is 12.8 Å². The predicted molar refractivity (Wildman–Crippen MR) is 38.2 cm³/mol. The van der Waals surface area contributed by atoms with Crippen molar-refractivity contribution in [2.45, 2.75) is 24.6 Å². The van der Waals surface area contributed by atoms with Crippen molar-refractivity contribution in [1.82, 2.24) is 0 Å². The van der Waals surface area contributed by atoms with Crippen LogP contribution in [0.25, 0.3) is 0 Å². The zero-order valence-electron chi connectivity index (χ0n) is 5.80. The van der Waals surface area contributed by atoms with Gasteiger partial charge in [-0.3, -0.25) is 4.79 Å². The average Bonchev–Trinajstić information content (AvgIpc) is 1.84.